The topological polar surface area (TPSA) is 141 Å². The van der Waals surface area contributed by atoms with E-state index in [2.05, 4.69) is 5.10 Å². The van der Waals surface area contributed by atoms with Crippen molar-refractivity contribution in [1.82, 2.24) is 9.78 Å². The summed E-state index contributed by atoms with van der Waals surface area (Å²) in [5.41, 5.74) is 3.59. The smallest absolute Gasteiger partial charge is 0.303 e. The lowest BCUT2D eigenvalue weighted by Crippen LogP contribution is -2.60. The second-order valence-electron chi connectivity index (χ2n) is 9.08. The maximum Gasteiger partial charge on any atom is 0.303 e. The first-order chi connectivity index (χ1) is 18.1. The minimum atomic E-state index is -1.28. The third-order valence-electron chi connectivity index (χ3n) is 6.31. The number of nitrogens with zero attached hydrogens (tertiary/aromatic N) is 2. The molecular weight excluding hydrogens is 500 g/mol. The Balaban J connectivity index is 1.84. The van der Waals surface area contributed by atoms with Gasteiger partial charge in [0.1, 0.15) is 18.5 Å². The molecule has 1 aliphatic carbocycles. The molecule has 0 saturated carbocycles. The number of aromatic nitrogens is 2. The van der Waals surface area contributed by atoms with Crippen LogP contribution in [-0.2, 0) is 55.7 Å². The van der Waals surface area contributed by atoms with E-state index < -0.39 is 54.5 Å². The van der Waals surface area contributed by atoms with E-state index >= 15 is 0 Å². The Hall–Kier alpha value is -3.93. The van der Waals surface area contributed by atoms with Gasteiger partial charge in [-0.25, -0.2) is 4.68 Å². The minimum absolute atomic E-state index is 0.314. The second kappa shape index (κ2) is 11.2. The molecule has 0 radical (unpaired) electrons. The number of carbonyl (C=O) groups excluding carboxylic acids is 4. The summed E-state index contributed by atoms with van der Waals surface area (Å²) in [6.45, 7) is 4.47. The van der Waals surface area contributed by atoms with E-state index in [-0.39, 0.29) is 6.61 Å². The van der Waals surface area contributed by atoms with Crippen molar-refractivity contribution >= 4 is 23.9 Å². The summed E-state index contributed by atoms with van der Waals surface area (Å²) in [4.78, 5) is 47.9. The van der Waals surface area contributed by atoms with E-state index in [1.165, 1.54) is 27.7 Å². The summed E-state index contributed by atoms with van der Waals surface area (Å²) in [5.74, 6) is -1.94. The van der Waals surface area contributed by atoms with Gasteiger partial charge in [-0.2, -0.15) is 5.10 Å². The van der Waals surface area contributed by atoms with Gasteiger partial charge in [-0.05, 0) is 42.2 Å². The largest absolute Gasteiger partial charge is 0.497 e. The van der Waals surface area contributed by atoms with Gasteiger partial charge in [0.05, 0.1) is 19.0 Å². The number of rotatable bonds is 7. The van der Waals surface area contributed by atoms with Crippen molar-refractivity contribution in [1.29, 1.82) is 0 Å². The zero-order valence-electron chi connectivity index (χ0n) is 21.8. The van der Waals surface area contributed by atoms with Crippen LogP contribution in [0.4, 0.5) is 0 Å². The Morgan fingerprint density at radius 1 is 0.895 bits per heavy atom. The van der Waals surface area contributed by atoms with Crippen molar-refractivity contribution in [2.75, 3.05) is 13.7 Å². The number of esters is 4. The highest BCUT2D eigenvalue weighted by molar-refractivity contribution is 5.71. The normalized spacial score (nSPS) is 23.9. The monoisotopic (exact) mass is 530 g/mol. The number of hydrogen-bond donors (Lipinski definition) is 0. The van der Waals surface area contributed by atoms with E-state index in [9.17, 15) is 19.2 Å². The molecule has 2 aromatic rings. The van der Waals surface area contributed by atoms with E-state index in [0.29, 0.717) is 12.2 Å². The van der Waals surface area contributed by atoms with Crippen molar-refractivity contribution in [3.63, 3.8) is 0 Å². The molecule has 1 aromatic carbocycles. The molecule has 2 aliphatic rings. The predicted molar refractivity (Wildman–Crippen MR) is 129 cm³/mol. The van der Waals surface area contributed by atoms with Crippen LogP contribution in [0.25, 0.3) is 11.3 Å². The van der Waals surface area contributed by atoms with Crippen LogP contribution in [0.3, 0.4) is 0 Å². The molecule has 2 heterocycles. The summed E-state index contributed by atoms with van der Waals surface area (Å²) in [5, 5.41) is 4.56. The number of hydrogen-bond acceptors (Lipinski definition) is 11. The number of methoxy groups -OCH3 is 1. The zero-order valence-corrected chi connectivity index (χ0v) is 21.8. The third kappa shape index (κ3) is 5.64. The van der Waals surface area contributed by atoms with Gasteiger partial charge < -0.3 is 28.4 Å². The molecule has 0 amide bonds. The van der Waals surface area contributed by atoms with Crippen molar-refractivity contribution in [2.45, 2.75) is 71.2 Å². The average Bonchev–Trinajstić information content (AvgIpc) is 3.28. The van der Waals surface area contributed by atoms with Crippen LogP contribution in [0.15, 0.2) is 24.4 Å². The Morgan fingerprint density at radius 3 is 2.16 bits per heavy atom. The molecule has 12 heteroatoms. The molecule has 0 unspecified atom stereocenters. The van der Waals surface area contributed by atoms with Gasteiger partial charge in [0.15, 0.2) is 24.5 Å². The number of aryl methyl sites for hydroxylation is 2. The second-order valence-corrected chi connectivity index (χ2v) is 9.08. The Labute approximate surface area is 219 Å². The van der Waals surface area contributed by atoms with Crippen LogP contribution >= 0.6 is 0 Å². The summed E-state index contributed by atoms with van der Waals surface area (Å²) >= 11 is 0. The quantitative estimate of drug-likeness (QED) is 0.383. The molecule has 1 saturated heterocycles. The molecule has 4 rings (SSSR count). The molecule has 1 aromatic heterocycles. The fourth-order valence-electron chi connectivity index (χ4n) is 4.88. The van der Waals surface area contributed by atoms with E-state index in [4.69, 9.17) is 28.4 Å². The first kappa shape index (κ1) is 27.1. The lowest BCUT2D eigenvalue weighted by Gasteiger charge is -2.44. The van der Waals surface area contributed by atoms with E-state index in [1.807, 2.05) is 18.2 Å². The number of carbonyl (C=O) groups is 4. The summed E-state index contributed by atoms with van der Waals surface area (Å²) < 4.78 is 35.0. The molecule has 1 fully saturated rings. The Kier molecular flexibility index (Phi) is 8.00. The van der Waals surface area contributed by atoms with Crippen molar-refractivity contribution in [2.24, 2.45) is 0 Å². The number of benzene rings is 1. The molecule has 0 N–H and O–H groups in total. The van der Waals surface area contributed by atoms with Gasteiger partial charge >= 0.3 is 23.9 Å². The zero-order chi connectivity index (χ0) is 27.6. The SMILES string of the molecule is COc1ccc2c(c1)CCc1cnn([C@@H]3O[C@H](COC(C)=O)[C@@H](OC(C)=O)[C@H](OC(C)=O)[C@@H]3OC(C)=O)c1-2. The molecular formula is C26H30N2O10. The Bertz CT molecular complexity index is 1240. The first-order valence-corrected chi connectivity index (χ1v) is 12.1. The predicted octanol–water partition coefficient (Wildman–Crippen LogP) is 1.91. The third-order valence-corrected chi connectivity index (χ3v) is 6.31. The van der Waals surface area contributed by atoms with E-state index in [0.717, 1.165) is 28.8 Å². The van der Waals surface area contributed by atoms with Gasteiger partial charge in [0, 0.05) is 33.3 Å². The van der Waals surface area contributed by atoms with Crippen LogP contribution in [0, 0.1) is 0 Å². The van der Waals surface area contributed by atoms with Crippen molar-refractivity contribution < 1.29 is 47.6 Å². The van der Waals surface area contributed by atoms with Crippen LogP contribution in [0.5, 0.6) is 5.75 Å². The summed E-state index contributed by atoms with van der Waals surface area (Å²) in [6.07, 6.45) is -2.78. The highest BCUT2D eigenvalue weighted by atomic mass is 16.7. The molecule has 1 aliphatic heterocycles. The minimum Gasteiger partial charge on any atom is -0.497 e. The maximum absolute atomic E-state index is 12.2. The summed E-state index contributed by atoms with van der Waals surface area (Å²) in [6, 6.07) is 5.69. The molecule has 38 heavy (non-hydrogen) atoms. The van der Waals surface area contributed by atoms with Gasteiger partial charge in [-0.3, -0.25) is 19.2 Å². The average molecular weight is 531 g/mol. The lowest BCUT2D eigenvalue weighted by molar-refractivity contribution is -0.270. The molecule has 204 valence electrons. The van der Waals surface area contributed by atoms with Gasteiger partial charge in [0.25, 0.3) is 0 Å². The number of ether oxygens (including phenoxy) is 6. The highest BCUT2D eigenvalue weighted by Gasteiger charge is 2.53. The van der Waals surface area contributed by atoms with Crippen LogP contribution < -0.4 is 4.74 Å². The van der Waals surface area contributed by atoms with Crippen molar-refractivity contribution in [3.8, 4) is 17.0 Å². The first-order valence-electron chi connectivity index (χ1n) is 12.1. The Morgan fingerprint density at radius 2 is 1.53 bits per heavy atom. The molecule has 5 atom stereocenters. The van der Waals surface area contributed by atoms with Crippen LogP contribution in [0.2, 0.25) is 0 Å². The lowest BCUT2D eigenvalue weighted by atomic mass is 9.89. The van der Waals surface area contributed by atoms with Crippen LogP contribution in [-0.4, -0.2) is 71.8 Å². The van der Waals surface area contributed by atoms with Crippen molar-refractivity contribution in [3.05, 3.63) is 35.5 Å². The molecule has 12 nitrogen and oxygen atoms in total. The molecule has 0 spiro atoms. The standard InChI is InChI=1S/C26H30N2O10/c1-13(29)34-12-21-23(35-14(2)30)24(36-15(3)31)25(37-16(4)32)26(38-21)28-22-18(11-27-28)7-6-17-10-19(33-5)8-9-20(17)22/h8-11,21,23-26H,6-7,12H2,1-5H3/t21-,23-,24+,25+,26-/m1/s1. The van der Waals surface area contributed by atoms with Gasteiger partial charge in [-0.1, -0.05) is 0 Å². The fraction of sp³-hybridized carbons (Fsp3) is 0.500. The van der Waals surface area contributed by atoms with Gasteiger partial charge in [-0.15, -0.1) is 0 Å². The summed E-state index contributed by atoms with van der Waals surface area (Å²) in [7, 11) is 1.59. The van der Waals surface area contributed by atoms with E-state index in [1.54, 1.807) is 18.0 Å². The fourth-order valence-corrected chi connectivity index (χ4v) is 4.88. The van der Waals surface area contributed by atoms with Crippen LogP contribution in [0.1, 0.15) is 45.0 Å². The van der Waals surface area contributed by atoms with Gasteiger partial charge in [0.2, 0.25) is 0 Å². The number of fused-ring (bicyclic) bond motifs is 3. The maximum atomic E-state index is 12.2. The molecule has 0 bridgehead atoms. The highest BCUT2D eigenvalue weighted by Crippen LogP contribution is 2.41.